The average Bonchev–Trinajstić information content (AvgIpc) is 3.23. The van der Waals surface area contributed by atoms with E-state index in [0.29, 0.717) is 13.1 Å². The van der Waals surface area contributed by atoms with E-state index >= 15 is 0 Å². The molecular formula is C27H25N3O. The van der Waals surface area contributed by atoms with Crippen molar-refractivity contribution in [3.05, 3.63) is 125 Å². The van der Waals surface area contributed by atoms with Gasteiger partial charge in [0.1, 0.15) is 0 Å². The van der Waals surface area contributed by atoms with Gasteiger partial charge in [-0.3, -0.25) is 0 Å². The molecule has 1 unspecified atom stereocenters. The summed E-state index contributed by atoms with van der Waals surface area (Å²) >= 11 is 0. The Morgan fingerprint density at radius 3 is 2.45 bits per heavy atom. The van der Waals surface area contributed by atoms with E-state index in [-0.39, 0.29) is 12.1 Å². The van der Waals surface area contributed by atoms with Crippen molar-refractivity contribution in [2.24, 2.45) is 0 Å². The molecule has 1 aromatic heterocycles. The van der Waals surface area contributed by atoms with Crippen molar-refractivity contribution < 1.29 is 4.79 Å². The van der Waals surface area contributed by atoms with E-state index in [0.717, 1.165) is 28.1 Å². The number of hydrogen-bond donors (Lipinski definition) is 1. The summed E-state index contributed by atoms with van der Waals surface area (Å²) in [7, 11) is 0. The maximum Gasteiger partial charge on any atom is 0.318 e. The highest BCUT2D eigenvalue weighted by atomic mass is 16.2. The van der Waals surface area contributed by atoms with E-state index in [9.17, 15) is 4.79 Å². The summed E-state index contributed by atoms with van der Waals surface area (Å²) in [6, 6.07) is 30.8. The molecular weight excluding hydrogens is 382 g/mol. The number of carbonyl (C=O) groups excluding carboxylic acids is 1. The number of aromatic nitrogens is 1. The van der Waals surface area contributed by atoms with Gasteiger partial charge in [0.05, 0.1) is 18.3 Å². The molecule has 0 saturated heterocycles. The smallest absolute Gasteiger partial charge is 0.318 e. The van der Waals surface area contributed by atoms with Crippen LogP contribution in [0.2, 0.25) is 0 Å². The molecule has 1 aliphatic rings. The van der Waals surface area contributed by atoms with E-state index in [4.69, 9.17) is 0 Å². The molecule has 2 amide bonds. The lowest BCUT2D eigenvalue weighted by molar-refractivity contribution is 0.180. The highest BCUT2D eigenvalue weighted by molar-refractivity contribution is 5.76. The summed E-state index contributed by atoms with van der Waals surface area (Å²) in [6.45, 7) is 3.10. The van der Waals surface area contributed by atoms with E-state index in [1.165, 1.54) is 5.56 Å². The fourth-order valence-corrected chi connectivity index (χ4v) is 4.31. The Bertz CT molecular complexity index is 1190. The number of fused-ring (bicyclic) bond motifs is 3. The fourth-order valence-electron chi connectivity index (χ4n) is 4.31. The maximum atomic E-state index is 13.5. The Labute approximate surface area is 182 Å². The van der Waals surface area contributed by atoms with Crippen molar-refractivity contribution in [3.63, 3.8) is 0 Å². The van der Waals surface area contributed by atoms with Gasteiger partial charge in [-0.1, -0.05) is 78.4 Å². The standard InChI is InChI=1S/C27H25N3O/c1-20-13-15-21(16-14-20)18-28-27(31)30-19-23-10-5-6-11-24(23)29-17-7-12-25(29)26(30)22-8-3-2-4-9-22/h2-17,26H,18-19H2,1H3,(H,28,31). The van der Waals surface area contributed by atoms with Crippen LogP contribution < -0.4 is 5.32 Å². The van der Waals surface area contributed by atoms with Gasteiger partial charge in [-0.05, 0) is 41.8 Å². The Morgan fingerprint density at radius 2 is 1.65 bits per heavy atom. The summed E-state index contributed by atoms with van der Waals surface area (Å²) in [5.41, 5.74) is 6.74. The minimum atomic E-state index is -0.179. The molecule has 31 heavy (non-hydrogen) atoms. The number of benzene rings is 3. The highest BCUT2D eigenvalue weighted by Crippen LogP contribution is 2.36. The zero-order valence-corrected chi connectivity index (χ0v) is 17.5. The number of nitrogens with zero attached hydrogens (tertiary/aromatic N) is 2. The number of urea groups is 1. The molecule has 2 heterocycles. The van der Waals surface area contributed by atoms with Crippen molar-refractivity contribution >= 4 is 6.03 Å². The Hall–Kier alpha value is -3.79. The minimum Gasteiger partial charge on any atom is -0.334 e. The number of nitrogens with one attached hydrogen (secondary N) is 1. The summed E-state index contributed by atoms with van der Waals surface area (Å²) in [6.07, 6.45) is 2.08. The van der Waals surface area contributed by atoms with Gasteiger partial charge in [-0.15, -0.1) is 0 Å². The van der Waals surface area contributed by atoms with Gasteiger partial charge in [-0.2, -0.15) is 0 Å². The van der Waals surface area contributed by atoms with Gasteiger partial charge in [-0.25, -0.2) is 4.79 Å². The lowest BCUT2D eigenvalue weighted by Crippen LogP contribution is -2.41. The van der Waals surface area contributed by atoms with Gasteiger partial charge in [0.2, 0.25) is 0 Å². The van der Waals surface area contributed by atoms with Crippen LogP contribution in [0.3, 0.4) is 0 Å². The number of amides is 2. The lowest BCUT2D eigenvalue weighted by atomic mass is 10.0. The summed E-state index contributed by atoms with van der Waals surface area (Å²) < 4.78 is 2.21. The quantitative estimate of drug-likeness (QED) is 0.472. The molecule has 0 aliphatic carbocycles. The summed E-state index contributed by atoms with van der Waals surface area (Å²) in [4.78, 5) is 15.5. The third-order valence-corrected chi connectivity index (χ3v) is 5.90. The van der Waals surface area contributed by atoms with Crippen LogP contribution in [-0.4, -0.2) is 15.5 Å². The van der Waals surface area contributed by atoms with E-state index < -0.39 is 0 Å². The first-order valence-electron chi connectivity index (χ1n) is 10.6. The Morgan fingerprint density at radius 1 is 0.903 bits per heavy atom. The third kappa shape index (κ3) is 3.73. The normalized spacial score (nSPS) is 15.0. The first-order valence-corrected chi connectivity index (χ1v) is 10.6. The SMILES string of the molecule is Cc1ccc(CNC(=O)N2Cc3ccccc3-n3cccc3C2c2ccccc2)cc1. The first kappa shape index (κ1) is 19.2. The average molecular weight is 408 g/mol. The molecule has 0 spiro atoms. The minimum absolute atomic E-state index is 0.0705. The zero-order chi connectivity index (χ0) is 21.2. The number of aryl methyl sites for hydroxylation is 1. The molecule has 154 valence electrons. The summed E-state index contributed by atoms with van der Waals surface area (Å²) in [5, 5.41) is 3.15. The lowest BCUT2D eigenvalue weighted by Gasteiger charge is -2.31. The van der Waals surface area contributed by atoms with Crippen LogP contribution in [0.1, 0.15) is 34.0 Å². The van der Waals surface area contributed by atoms with Crippen molar-refractivity contribution in [2.45, 2.75) is 26.1 Å². The van der Waals surface area contributed by atoms with Crippen LogP contribution in [0.5, 0.6) is 0 Å². The zero-order valence-electron chi connectivity index (χ0n) is 17.5. The van der Waals surface area contributed by atoms with Crippen molar-refractivity contribution in [3.8, 4) is 5.69 Å². The van der Waals surface area contributed by atoms with Crippen molar-refractivity contribution in [2.75, 3.05) is 0 Å². The largest absolute Gasteiger partial charge is 0.334 e. The molecule has 1 N–H and O–H groups in total. The van der Waals surface area contributed by atoms with Crippen LogP contribution in [0, 0.1) is 6.92 Å². The number of rotatable bonds is 3. The van der Waals surface area contributed by atoms with Gasteiger partial charge in [0, 0.05) is 18.4 Å². The van der Waals surface area contributed by atoms with Crippen LogP contribution >= 0.6 is 0 Å². The molecule has 1 atom stereocenters. The fraction of sp³-hybridized carbons (Fsp3) is 0.148. The van der Waals surface area contributed by atoms with Crippen LogP contribution in [0.15, 0.2) is 97.2 Å². The highest BCUT2D eigenvalue weighted by Gasteiger charge is 2.32. The predicted octanol–water partition coefficient (Wildman–Crippen LogP) is 5.60. The molecule has 0 radical (unpaired) electrons. The Kier molecular flexibility index (Phi) is 5.04. The molecule has 0 fully saturated rings. The van der Waals surface area contributed by atoms with E-state index in [1.807, 2.05) is 35.2 Å². The third-order valence-electron chi connectivity index (χ3n) is 5.90. The second kappa shape index (κ2) is 8.15. The molecule has 5 rings (SSSR count). The molecule has 4 nitrogen and oxygen atoms in total. The summed E-state index contributed by atoms with van der Waals surface area (Å²) in [5.74, 6) is 0. The maximum absolute atomic E-state index is 13.5. The molecule has 0 saturated carbocycles. The predicted molar refractivity (Wildman–Crippen MR) is 123 cm³/mol. The van der Waals surface area contributed by atoms with Gasteiger partial charge in [0.15, 0.2) is 0 Å². The number of carbonyl (C=O) groups is 1. The van der Waals surface area contributed by atoms with Crippen molar-refractivity contribution in [1.82, 2.24) is 14.8 Å². The molecule has 4 aromatic rings. The Balaban J connectivity index is 1.53. The second-order valence-electron chi connectivity index (χ2n) is 8.02. The van der Waals surface area contributed by atoms with Crippen LogP contribution in [0.25, 0.3) is 5.69 Å². The molecule has 4 heteroatoms. The van der Waals surface area contributed by atoms with E-state index in [1.54, 1.807) is 0 Å². The number of hydrogen-bond acceptors (Lipinski definition) is 1. The monoisotopic (exact) mass is 407 g/mol. The van der Waals surface area contributed by atoms with Gasteiger partial charge < -0.3 is 14.8 Å². The van der Waals surface area contributed by atoms with Crippen LogP contribution in [0.4, 0.5) is 4.79 Å². The molecule has 0 bridgehead atoms. The molecule has 3 aromatic carbocycles. The van der Waals surface area contributed by atoms with Gasteiger partial charge >= 0.3 is 6.03 Å². The second-order valence-corrected chi connectivity index (χ2v) is 8.02. The topological polar surface area (TPSA) is 37.3 Å². The van der Waals surface area contributed by atoms with Crippen molar-refractivity contribution in [1.29, 1.82) is 0 Å². The van der Waals surface area contributed by atoms with E-state index in [2.05, 4.69) is 83.7 Å². The molecule has 1 aliphatic heterocycles. The van der Waals surface area contributed by atoms with Gasteiger partial charge in [0.25, 0.3) is 0 Å². The number of para-hydroxylation sites is 1. The van der Waals surface area contributed by atoms with Crippen LogP contribution in [-0.2, 0) is 13.1 Å². The first-order chi connectivity index (χ1) is 15.2.